The molecule has 1 atom stereocenters. The summed E-state index contributed by atoms with van der Waals surface area (Å²) >= 11 is 1.12. The third kappa shape index (κ3) is 5.28. The zero-order valence-corrected chi connectivity index (χ0v) is 16.4. The molecule has 1 unspecified atom stereocenters. The highest BCUT2D eigenvalue weighted by atomic mass is 32.1. The molecule has 1 amide bonds. The third-order valence-electron chi connectivity index (χ3n) is 4.68. The second kappa shape index (κ2) is 8.82. The molecule has 0 N–H and O–H groups in total. The standard InChI is InChI=1S/C19H23F3N2O2S/c1-4-12(2)14(19(20,21)22)11-15(23-3)16-5-6-17(27-16)18(26)24-9-7-13(25)8-10-24/h5-6,11-12H,4,7-10H2,1-3H3/b14-11+,23-15?. The summed E-state index contributed by atoms with van der Waals surface area (Å²) in [5.74, 6) is -0.703. The van der Waals surface area contributed by atoms with E-state index in [1.54, 1.807) is 24.0 Å². The number of hydrogen-bond donors (Lipinski definition) is 0. The van der Waals surface area contributed by atoms with Gasteiger partial charge in [-0.2, -0.15) is 13.2 Å². The summed E-state index contributed by atoms with van der Waals surface area (Å²) in [5, 5.41) is 0. The van der Waals surface area contributed by atoms with Crippen molar-refractivity contribution < 1.29 is 22.8 Å². The first kappa shape index (κ1) is 21.3. The second-order valence-electron chi connectivity index (χ2n) is 6.51. The highest BCUT2D eigenvalue weighted by molar-refractivity contribution is 7.16. The number of rotatable bonds is 5. The lowest BCUT2D eigenvalue weighted by Crippen LogP contribution is -2.38. The van der Waals surface area contributed by atoms with Gasteiger partial charge in [0, 0.05) is 38.6 Å². The number of nitrogens with zero attached hydrogens (tertiary/aromatic N) is 2. The second-order valence-corrected chi connectivity index (χ2v) is 7.59. The van der Waals surface area contributed by atoms with E-state index in [9.17, 15) is 22.8 Å². The van der Waals surface area contributed by atoms with Crippen LogP contribution in [0.5, 0.6) is 0 Å². The molecule has 0 saturated carbocycles. The maximum Gasteiger partial charge on any atom is 0.413 e. The van der Waals surface area contributed by atoms with Crippen LogP contribution in [0, 0.1) is 5.92 Å². The number of carbonyl (C=O) groups excluding carboxylic acids is 2. The zero-order chi connectivity index (χ0) is 20.2. The first-order valence-electron chi connectivity index (χ1n) is 8.84. The largest absolute Gasteiger partial charge is 0.413 e. The lowest BCUT2D eigenvalue weighted by Gasteiger charge is -2.25. The van der Waals surface area contributed by atoms with Gasteiger partial charge in [0.1, 0.15) is 5.78 Å². The smallest absolute Gasteiger partial charge is 0.337 e. The van der Waals surface area contributed by atoms with Crippen molar-refractivity contribution in [1.29, 1.82) is 0 Å². The Labute approximate surface area is 160 Å². The fourth-order valence-electron chi connectivity index (χ4n) is 2.82. The van der Waals surface area contributed by atoms with Crippen molar-refractivity contribution in [2.24, 2.45) is 10.9 Å². The number of ketones is 1. The van der Waals surface area contributed by atoms with Gasteiger partial charge in [-0.3, -0.25) is 14.6 Å². The number of likely N-dealkylation sites (tertiary alicyclic amines) is 1. The van der Waals surface area contributed by atoms with Crippen molar-refractivity contribution in [3.8, 4) is 0 Å². The van der Waals surface area contributed by atoms with Gasteiger partial charge in [0.15, 0.2) is 0 Å². The van der Waals surface area contributed by atoms with Crippen LogP contribution < -0.4 is 0 Å². The third-order valence-corrected chi connectivity index (χ3v) is 5.78. The van der Waals surface area contributed by atoms with Crippen LogP contribution in [0.25, 0.3) is 0 Å². The molecule has 4 nitrogen and oxygen atoms in total. The number of Topliss-reactive ketones (excluding diaryl/α,β-unsaturated/α-hetero) is 1. The lowest BCUT2D eigenvalue weighted by molar-refractivity contribution is -0.120. The van der Waals surface area contributed by atoms with Gasteiger partial charge >= 0.3 is 6.18 Å². The molecule has 1 saturated heterocycles. The molecule has 0 aromatic carbocycles. The van der Waals surface area contributed by atoms with Crippen LogP contribution in [0.3, 0.4) is 0 Å². The Kier molecular flexibility index (Phi) is 6.97. The normalized spacial score (nSPS) is 18.0. The molecule has 0 aliphatic carbocycles. The van der Waals surface area contributed by atoms with Crippen LogP contribution in [-0.2, 0) is 4.79 Å². The van der Waals surface area contributed by atoms with Crippen LogP contribution in [-0.4, -0.2) is 48.6 Å². The predicted molar refractivity (Wildman–Crippen MR) is 101 cm³/mol. The van der Waals surface area contributed by atoms with E-state index >= 15 is 0 Å². The molecule has 1 aliphatic rings. The molecule has 0 radical (unpaired) electrons. The van der Waals surface area contributed by atoms with Crippen molar-refractivity contribution in [3.05, 3.63) is 33.5 Å². The van der Waals surface area contributed by atoms with E-state index in [4.69, 9.17) is 0 Å². The quantitative estimate of drug-likeness (QED) is 0.683. The van der Waals surface area contributed by atoms with Gasteiger partial charge in [0.05, 0.1) is 15.5 Å². The van der Waals surface area contributed by atoms with Crippen LogP contribution in [0.15, 0.2) is 28.8 Å². The van der Waals surface area contributed by atoms with Crippen LogP contribution in [0.4, 0.5) is 13.2 Å². The molecular formula is C19H23F3N2O2S. The zero-order valence-electron chi connectivity index (χ0n) is 15.6. The van der Waals surface area contributed by atoms with E-state index in [1.165, 1.54) is 14.0 Å². The number of hydrogen-bond acceptors (Lipinski definition) is 4. The van der Waals surface area contributed by atoms with Gasteiger partial charge in [-0.15, -0.1) is 11.3 Å². The van der Waals surface area contributed by atoms with Crippen LogP contribution in [0.1, 0.15) is 47.7 Å². The lowest BCUT2D eigenvalue weighted by atomic mass is 9.96. The Balaban J connectivity index is 2.25. The van der Waals surface area contributed by atoms with Crippen molar-refractivity contribution in [2.45, 2.75) is 39.3 Å². The first-order chi connectivity index (χ1) is 12.7. The molecule has 1 fully saturated rings. The number of thiophene rings is 1. The fourth-order valence-corrected chi connectivity index (χ4v) is 3.80. The summed E-state index contributed by atoms with van der Waals surface area (Å²) in [7, 11) is 1.44. The molecule has 1 aliphatic heterocycles. The highest BCUT2D eigenvalue weighted by Gasteiger charge is 2.36. The fraction of sp³-hybridized carbons (Fsp3) is 0.526. The van der Waals surface area contributed by atoms with Gasteiger partial charge < -0.3 is 4.90 Å². The Morgan fingerprint density at radius 3 is 2.41 bits per heavy atom. The summed E-state index contributed by atoms with van der Waals surface area (Å²) in [4.78, 5) is 30.4. The number of allylic oxidation sites excluding steroid dienone is 2. The summed E-state index contributed by atoms with van der Waals surface area (Å²) in [6.45, 7) is 4.00. The minimum absolute atomic E-state index is 0.140. The molecule has 27 heavy (non-hydrogen) atoms. The Hall–Kier alpha value is -1.96. The number of aliphatic imine (C=N–C) groups is 1. The topological polar surface area (TPSA) is 49.7 Å². The molecule has 0 bridgehead atoms. The van der Waals surface area contributed by atoms with Gasteiger partial charge in [-0.05, 0) is 30.5 Å². The van der Waals surface area contributed by atoms with Gasteiger partial charge in [-0.25, -0.2) is 0 Å². The van der Waals surface area contributed by atoms with E-state index in [1.807, 2.05) is 0 Å². The van der Waals surface area contributed by atoms with Gasteiger partial charge in [-0.1, -0.05) is 13.8 Å². The SMILES string of the molecule is CCC(C)/C(=C\C(=NC)c1ccc(C(=O)N2CCC(=O)CC2)s1)C(F)(F)F. The summed E-state index contributed by atoms with van der Waals surface area (Å²) in [6.07, 6.45) is -2.30. The maximum atomic E-state index is 13.4. The number of alkyl halides is 3. The van der Waals surface area contributed by atoms with E-state index in [2.05, 4.69) is 4.99 Å². The van der Waals surface area contributed by atoms with Gasteiger partial charge in [0.25, 0.3) is 5.91 Å². The average molecular weight is 400 g/mol. The Bertz CT molecular complexity index is 755. The molecule has 2 rings (SSSR count). The minimum Gasteiger partial charge on any atom is -0.337 e. The summed E-state index contributed by atoms with van der Waals surface area (Å²) in [5.41, 5.74) is -0.415. The molecular weight excluding hydrogens is 377 g/mol. The van der Waals surface area contributed by atoms with Crippen molar-refractivity contribution in [3.63, 3.8) is 0 Å². The summed E-state index contributed by atoms with van der Waals surface area (Å²) in [6, 6.07) is 3.23. The van der Waals surface area contributed by atoms with Crippen molar-refractivity contribution >= 4 is 28.7 Å². The molecule has 1 aromatic rings. The number of halogens is 3. The number of carbonyl (C=O) groups is 2. The van der Waals surface area contributed by atoms with Crippen LogP contribution in [0.2, 0.25) is 0 Å². The number of amides is 1. The number of piperidine rings is 1. The molecule has 1 aromatic heterocycles. The average Bonchev–Trinajstić information content (AvgIpc) is 3.11. The first-order valence-corrected chi connectivity index (χ1v) is 9.65. The van der Waals surface area contributed by atoms with Crippen LogP contribution >= 0.6 is 11.3 Å². The minimum atomic E-state index is -4.43. The van der Waals surface area contributed by atoms with E-state index in [0.29, 0.717) is 42.1 Å². The van der Waals surface area contributed by atoms with Crippen molar-refractivity contribution in [1.82, 2.24) is 4.90 Å². The summed E-state index contributed by atoms with van der Waals surface area (Å²) < 4.78 is 40.1. The highest BCUT2D eigenvalue weighted by Crippen LogP contribution is 2.34. The van der Waals surface area contributed by atoms with Crippen molar-refractivity contribution in [2.75, 3.05) is 20.1 Å². The van der Waals surface area contributed by atoms with E-state index in [0.717, 1.165) is 17.4 Å². The molecule has 8 heteroatoms. The molecule has 0 spiro atoms. The monoisotopic (exact) mass is 400 g/mol. The Morgan fingerprint density at radius 2 is 1.89 bits per heavy atom. The molecule has 2 heterocycles. The maximum absolute atomic E-state index is 13.4. The van der Waals surface area contributed by atoms with E-state index < -0.39 is 17.7 Å². The Morgan fingerprint density at radius 1 is 1.30 bits per heavy atom. The molecule has 148 valence electrons. The van der Waals surface area contributed by atoms with E-state index in [-0.39, 0.29) is 17.4 Å². The van der Waals surface area contributed by atoms with Gasteiger partial charge in [0.2, 0.25) is 0 Å². The predicted octanol–water partition coefficient (Wildman–Crippen LogP) is 4.51.